The first kappa shape index (κ1) is 14.0. The van der Waals surface area contributed by atoms with Crippen molar-refractivity contribution < 1.29 is 14.3 Å². The Hall–Kier alpha value is -1.46. The molecule has 104 valence electrons. The summed E-state index contributed by atoms with van der Waals surface area (Å²) >= 11 is 0. The molecule has 0 amide bonds. The second-order valence-electron chi connectivity index (χ2n) is 5.03. The number of rotatable bonds is 4. The van der Waals surface area contributed by atoms with E-state index in [9.17, 15) is 9.18 Å². The largest absolute Gasteiger partial charge is 0.480 e. The van der Waals surface area contributed by atoms with Crippen molar-refractivity contribution in [2.45, 2.75) is 13.5 Å². The molecule has 1 heterocycles. The quantitative estimate of drug-likeness (QED) is 0.893. The average Bonchev–Trinajstić information content (AvgIpc) is 2.36. The van der Waals surface area contributed by atoms with E-state index in [1.54, 1.807) is 6.92 Å². The summed E-state index contributed by atoms with van der Waals surface area (Å²) < 4.78 is 13.2. The van der Waals surface area contributed by atoms with Crippen LogP contribution in [0, 0.1) is 12.7 Å². The predicted octanol–water partition coefficient (Wildman–Crippen LogP) is 1.34. The first-order valence-electron chi connectivity index (χ1n) is 6.46. The van der Waals surface area contributed by atoms with Gasteiger partial charge >= 0.3 is 5.97 Å². The van der Waals surface area contributed by atoms with Gasteiger partial charge in [-0.1, -0.05) is 12.1 Å². The fourth-order valence-electron chi connectivity index (χ4n) is 2.36. The Morgan fingerprint density at radius 3 is 2.47 bits per heavy atom. The number of halogens is 1. The van der Waals surface area contributed by atoms with Gasteiger partial charge in [-0.3, -0.25) is 14.6 Å². The number of carboxylic acid groups (broad SMARTS) is 1. The smallest absolute Gasteiger partial charge is 0.317 e. The third kappa shape index (κ3) is 4.01. The van der Waals surface area contributed by atoms with Crippen molar-refractivity contribution in [3.8, 4) is 0 Å². The Morgan fingerprint density at radius 2 is 1.89 bits per heavy atom. The van der Waals surface area contributed by atoms with Crippen molar-refractivity contribution in [2.75, 3.05) is 32.7 Å². The number of hydrogen-bond acceptors (Lipinski definition) is 3. The summed E-state index contributed by atoms with van der Waals surface area (Å²) in [5, 5.41) is 8.73. The predicted molar refractivity (Wildman–Crippen MR) is 70.5 cm³/mol. The summed E-state index contributed by atoms with van der Waals surface area (Å²) in [5.74, 6) is -0.947. The van der Waals surface area contributed by atoms with Crippen molar-refractivity contribution in [1.82, 2.24) is 9.80 Å². The molecule has 1 fully saturated rings. The molecule has 0 bridgehead atoms. The molecular weight excluding hydrogens is 247 g/mol. The first-order valence-corrected chi connectivity index (χ1v) is 6.46. The van der Waals surface area contributed by atoms with Crippen LogP contribution in [-0.4, -0.2) is 53.6 Å². The zero-order valence-electron chi connectivity index (χ0n) is 11.1. The van der Waals surface area contributed by atoms with Crippen LogP contribution in [0.1, 0.15) is 11.1 Å². The topological polar surface area (TPSA) is 43.8 Å². The van der Waals surface area contributed by atoms with Gasteiger partial charge in [0.05, 0.1) is 6.54 Å². The molecule has 0 atom stereocenters. The van der Waals surface area contributed by atoms with Crippen molar-refractivity contribution in [2.24, 2.45) is 0 Å². The molecule has 19 heavy (non-hydrogen) atoms. The second-order valence-corrected chi connectivity index (χ2v) is 5.03. The van der Waals surface area contributed by atoms with Gasteiger partial charge in [0.15, 0.2) is 0 Å². The third-order valence-electron chi connectivity index (χ3n) is 3.45. The molecule has 2 rings (SSSR count). The van der Waals surface area contributed by atoms with E-state index in [-0.39, 0.29) is 12.4 Å². The minimum atomic E-state index is -0.775. The van der Waals surface area contributed by atoms with E-state index in [1.165, 1.54) is 6.07 Å². The highest BCUT2D eigenvalue weighted by Gasteiger charge is 2.18. The van der Waals surface area contributed by atoms with Crippen LogP contribution in [0.2, 0.25) is 0 Å². The third-order valence-corrected chi connectivity index (χ3v) is 3.45. The fraction of sp³-hybridized carbons (Fsp3) is 0.500. The molecule has 0 saturated carbocycles. The van der Waals surface area contributed by atoms with Crippen molar-refractivity contribution in [3.63, 3.8) is 0 Å². The van der Waals surface area contributed by atoms with Crippen molar-refractivity contribution >= 4 is 5.97 Å². The van der Waals surface area contributed by atoms with Gasteiger partial charge in [-0.05, 0) is 24.1 Å². The highest BCUT2D eigenvalue weighted by molar-refractivity contribution is 5.69. The Morgan fingerprint density at radius 1 is 1.26 bits per heavy atom. The highest BCUT2D eigenvalue weighted by Crippen LogP contribution is 2.12. The monoisotopic (exact) mass is 266 g/mol. The number of nitrogens with zero attached hydrogens (tertiary/aromatic N) is 2. The summed E-state index contributed by atoms with van der Waals surface area (Å²) in [5.41, 5.74) is 1.77. The van der Waals surface area contributed by atoms with Crippen LogP contribution in [0.25, 0.3) is 0 Å². The standard InChI is InChI=1S/C14H19FN2O2/c1-11-8-12(2-3-13(11)15)9-16-4-6-17(7-5-16)10-14(18)19/h2-3,8H,4-7,9-10H2,1H3,(H,18,19). The zero-order chi connectivity index (χ0) is 13.8. The summed E-state index contributed by atoms with van der Waals surface area (Å²) in [6.45, 7) is 5.92. The fourth-order valence-corrected chi connectivity index (χ4v) is 2.36. The number of piperazine rings is 1. The lowest BCUT2D eigenvalue weighted by atomic mass is 10.1. The van der Waals surface area contributed by atoms with E-state index in [2.05, 4.69) is 4.90 Å². The van der Waals surface area contributed by atoms with E-state index in [0.29, 0.717) is 5.56 Å². The minimum absolute atomic E-state index is 0.115. The average molecular weight is 266 g/mol. The van der Waals surface area contributed by atoms with E-state index in [4.69, 9.17) is 5.11 Å². The lowest BCUT2D eigenvalue weighted by Gasteiger charge is -2.33. The molecule has 1 saturated heterocycles. The number of aliphatic carboxylic acids is 1. The number of hydrogen-bond donors (Lipinski definition) is 1. The van der Waals surface area contributed by atoms with Gasteiger partial charge < -0.3 is 5.11 Å². The van der Waals surface area contributed by atoms with Gasteiger partial charge in [0.1, 0.15) is 5.82 Å². The Balaban J connectivity index is 1.85. The maximum absolute atomic E-state index is 13.2. The maximum Gasteiger partial charge on any atom is 0.317 e. The van der Waals surface area contributed by atoms with Gasteiger partial charge in [0, 0.05) is 32.7 Å². The molecule has 0 unspecified atom stereocenters. The summed E-state index contributed by atoms with van der Waals surface area (Å²) in [6.07, 6.45) is 0. The van der Waals surface area contributed by atoms with Crippen LogP contribution in [0.5, 0.6) is 0 Å². The molecule has 0 spiro atoms. The number of carboxylic acids is 1. The molecule has 1 aliphatic heterocycles. The van der Waals surface area contributed by atoms with Crippen LogP contribution in [-0.2, 0) is 11.3 Å². The van der Waals surface area contributed by atoms with Crippen LogP contribution < -0.4 is 0 Å². The van der Waals surface area contributed by atoms with E-state index in [0.717, 1.165) is 38.3 Å². The van der Waals surface area contributed by atoms with Gasteiger partial charge in [0.2, 0.25) is 0 Å². The lowest BCUT2D eigenvalue weighted by molar-refractivity contribution is -0.138. The lowest BCUT2D eigenvalue weighted by Crippen LogP contribution is -2.47. The van der Waals surface area contributed by atoms with Gasteiger partial charge in [-0.25, -0.2) is 4.39 Å². The van der Waals surface area contributed by atoms with E-state index < -0.39 is 5.97 Å². The number of benzene rings is 1. The Kier molecular flexibility index (Phi) is 4.50. The molecule has 1 aromatic carbocycles. The first-order chi connectivity index (χ1) is 9.04. The van der Waals surface area contributed by atoms with Crippen LogP contribution >= 0.6 is 0 Å². The molecule has 1 aliphatic rings. The molecule has 0 aromatic heterocycles. The van der Waals surface area contributed by atoms with Gasteiger partial charge in [-0.2, -0.15) is 0 Å². The van der Waals surface area contributed by atoms with Crippen LogP contribution in [0.3, 0.4) is 0 Å². The molecule has 4 nitrogen and oxygen atoms in total. The second kappa shape index (κ2) is 6.12. The molecular formula is C14H19FN2O2. The molecule has 1 N–H and O–H groups in total. The molecule has 0 aliphatic carbocycles. The SMILES string of the molecule is Cc1cc(CN2CCN(CC(=O)O)CC2)ccc1F. The summed E-state index contributed by atoms with van der Waals surface area (Å²) in [4.78, 5) is 14.8. The maximum atomic E-state index is 13.2. The highest BCUT2D eigenvalue weighted by atomic mass is 19.1. The number of carbonyl (C=O) groups is 1. The van der Waals surface area contributed by atoms with E-state index >= 15 is 0 Å². The molecule has 0 radical (unpaired) electrons. The number of aryl methyl sites for hydroxylation is 1. The normalized spacial score (nSPS) is 17.6. The van der Waals surface area contributed by atoms with Gasteiger partial charge in [0.25, 0.3) is 0 Å². The van der Waals surface area contributed by atoms with Crippen LogP contribution in [0.4, 0.5) is 4.39 Å². The van der Waals surface area contributed by atoms with Gasteiger partial charge in [-0.15, -0.1) is 0 Å². The summed E-state index contributed by atoms with van der Waals surface area (Å²) in [6, 6.07) is 5.19. The van der Waals surface area contributed by atoms with Crippen molar-refractivity contribution in [1.29, 1.82) is 0 Å². The molecule has 5 heteroatoms. The minimum Gasteiger partial charge on any atom is -0.480 e. The zero-order valence-corrected chi connectivity index (χ0v) is 11.1. The Labute approximate surface area is 112 Å². The molecule has 1 aromatic rings. The van der Waals surface area contributed by atoms with Crippen LogP contribution in [0.15, 0.2) is 18.2 Å². The Bertz CT molecular complexity index is 457. The van der Waals surface area contributed by atoms with E-state index in [1.807, 2.05) is 17.0 Å². The van der Waals surface area contributed by atoms with Crippen molar-refractivity contribution in [3.05, 3.63) is 35.1 Å². The summed E-state index contributed by atoms with van der Waals surface area (Å²) in [7, 11) is 0.